The van der Waals surface area contributed by atoms with Gasteiger partial charge < -0.3 is 14.5 Å². The lowest BCUT2D eigenvalue weighted by Crippen LogP contribution is -2.49. The lowest BCUT2D eigenvalue weighted by atomic mass is 10.2. The zero-order valence-electron chi connectivity index (χ0n) is 13.7. The van der Waals surface area contributed by atoms with E-state index in [1.807, 2.05) is 4.90 Å². The van der Waals surface area contributed by atoms with Crippen LogP contribution in [0, 0.1) is 27.8 Å². The molecule has 2 fully saturated rings. The van der Waals surface area contributed by atoms with Crippen molar-refractivity contribution >= 4 is 17.3 Å². The molecule has 7 nitrogen and oxygen atoms in total. The highest BCUT2D eigenvalue weighted by Crippen LogP contribution is 2.40. The van der Waals surface area contributed by atoms with Crippen molar-refractivity contribution in [3.63, 3.8) is 0 Å². The highest BCUT2D eigenvalue weighted by atomic mass is 19.1. The fourth-order valence-electron chi connectivity index (χ4n) is 3.16. The summed E-state index contributed by atoms with van der Waals surface area (Å²) in [5.41, 5.74) is 0.0361. The topological polar surface area (TPSA) is 75.9 Å². The lowest BCUT2D eigenvalue weighted by Gasteiger charge is -2.36. The van der Waals surface area contributed by atoms with Gasteiger partial charge in [-0.1, -0.05) is 6.92 Å². The van der Waals surface area contributed by atoms with Crippen molar-refractivity contribution in [1.29, 1.82) is 0 Å². The molecular formula is C16H20FN3O4. The van der Waals surface area contributed by atoms with Gasteiger partial charge in [-0.05, 0) is 12.3 Å². The fourth-order valence-corrected chi connectivity index (χ4v) is 3.16. The quantitative estimate of drug-likeness (QED) is 0.621. The van der Waals surface area contributed by atoms with Crippen molar-refractivity contribution in [3.8, 4) is 5.75 Å². The van der Waals surface area contributed by atoms with E-state index in [9.17, 15) is 19.3 Å². The van der Waals surface area contributed by atoms with Crippen LogP contribution in [0.2, 0.25) is 0 Å². The summed E-state index contributed by atoms with van der Waals surface area (Å²) in [5.74, 6) is -0.0199. The average molecular weight is 337 g/mol. The van der Waals surface area contributed by atoms with Gasteiger partial charge in [0.15, 0.2) is 11.6 Å². The molecule has 24 heavy (non-hydrogen) atoms. The predicted molar refractivity (Wildman–Crippen MR) is 85.7 cm³/mol. The second-order valence-corrected chi connectivity index (χ2v) is 6.36. The van der Waals surface area contributed by atoms with E-state index in [1.165, 1.54) is 13.2 Å². The molecule has 1 heterocycles. The zero-order chi connectivity index (χ0) is 17.4. The maximum atomic E-state index is 13.8. The Hall–Kier alpha value is -2.38. The first kappa shape index (κ1) is 16.5. The normalized spacial score (nSPS) is 23.1. The van der Waals surface area contributed by atoms with Crippen molar-refractivity contribution in [2.45, 2.75) is 13.3 Å². The van der Waals surface area contributed by atoms with Crippen molar-refractivity contribution in [2.24, 2.45) is 11.8 Å². The summed E-state index contributed by atoms with van der Waals surface area (Å²) in [5, 5.41) is 11.2. The first-order valence-corrected chi connectivity index (χ1v) is 7.98. The number of carbonyl (C=O) groups excluding carboxylic acids is 1. The van der Waals surface area contributed by atoms with Crippen LogP contribution in [0.4, 0.5) is 15.8 Å². The van der Waals surface area contributed by atoms with Gasteiger partial charge in [0.25, 0.3) is 5.69 Å². The minimum Gasteiger partial charge on any atom is -0.494 e. The summed E-state index contributed by atoms with van der Waals surface area (Å²) < 4.78 is 18.7. The minimum absolute atomic E-state index is 0.0269. The number of hydrogen-bond donors (Lipinski definition) is 0. The number of nitro groups is 1. The third kappa shape index (κ3) is 3.00. The number of nitrogens with zero attached hydrogens (tertiary/aromatic N) is 3. The molecule has 0 unspecified atom stereocenters. The molecule has 1 aliphatic heterocycles. The fraction of sp³-hybridized carbons (Fsp3) is 0.562. The minimum atomic E-state index is -0.760. The molecule has 1 aliphatic carbocycles. The molecule has 2 atom stereocenters. The number of benzene rings is 1. The highest BCUT2D eigenvalue weighted by molar-refractivity contribution is 5.82. The Morgan fingerprint density at radius 3 is 2.46 bits per heavy atom. The van der Waals surface area contributed by atoms with Gasteiger partial charge in [-0.15, -0.1) is 0 Å². The molecule has 1 saturated carbocycles. The van der Waals surface area contributed by atoms with E-state index >= 15 is 0 Å². The Morgan fingerprint density at radius 1 is 1.33 bits per heavy atom. The number of anilines is 1. The summed E-state index contributed by atoms with van der Waals surface area (Å²) in [7, 11) is 1.32. The Bertz CT molecular complexity index is 674. The third-order valence-corrected chi connectivity index (χ3v) is 4.80. The molecule has 130 valence electrons. The van der Waals surface area contributed by atoms with E-state index in [-0.39, 0.29) is 23.3 Å². The van der Waals surface area contributed by atoms with Gasteiger partial charge in [-0.2, -0.15) is 0 Å². The molecule has 0 bridgehead atoms. The molecule has 1 amide bonds. The lowest BCUT2D eigenvalue weighted by molar-refractivity contribution is -0.384. The summed E-state index contributed by atoms with van der Waals surface area (Å²) >= 11 is 0. The number of ether oxygens (including phenoxy) is 1. The van der Waals surface area contributed by atoms with Crippen molar-refractivity contribution in [3.05, 3.63) is 28.1 Å². The van der Waals surface area contributed by atoms with Gasteiger partial charge in [0, 0.05) is 38.2 Å². The maximum Gasteiger partial charge on any atom is 0.295 e. The smallest absolute Gasteiger partial charge is 0.295 e. The van der Waals surface area contributed by atoms with E-state index < -0.39 is 10.7 Å². The molecule has 0 radical (unpaired) electrons. The van der Waals surface area contributed by atoms with Crippen LogP contribution in [0.1, 0.15) is 13.3 Å². The van der Waals surface area contributed by atoms with Crippen LogP contribution in [0.15, 0.2) is 12.1 Å². The Morgan fingerprint density at radius 2 is 1.96 bits per heavy atom. The second kappa shape index (κ2) is 6.26. The molecule has 3 rings (SSSR count). The van der Waals surface area contributed by atoms with E-state index in [0.29, 0.717) is 37.8 Å². The second-order valence-electron chi connectivity index (χ2n) is 6.36. The highest BCUT2D eigenvalue weighted by Gasteiger charge is 2.42. The molecule has 1 saturated heterocycles. The molecule has 8 heteroatoms. The number of methoxy groups -OCH3 is 1. The summed E-state index contributed by atoms with van der Waals surface area (Å²) in [6, 6.07) is 2.24. The van der Waals surface area contributed by atoms with Crippen molar-refractivity contribution in [2.75, 3.05) is 38.2 Å². The van der Waals surface area contributed by atoms with E-state index in [4.69, 9.17) is 4.74 Å². The largest absolute Gasteiger partial charge is 0.494 e. The Balaban J connectivity index is 1.76. The molecular weight excluding hydrogens is 317 g/mol. The van der Waals surface area contributed by atoms with Crippen molar-refractivity contribution < 1.29 is 18.8 Å². The zero-order valence-corrected chi connectivity index (χ0v) is 13.7. The first-order valence-electron chi connectivity index (χ1n) is 7.98. The van der Waals surface area contributed by atoms with Gasteiger partial charge in [-0.3, -0.25) is 14.9 Å². The number of hydrogen-bond acceptors (Lipinski definition) is 5. The van der Waals surface area contributed by atoms with Gasteiger partial charge in [0.1, 0.15) is 5.69 Å². The Kier molecular flexibility index (Phi) is 4.29. The van der Waals surface area contributed by atoms with Gasteiger partial charge in [0.05, 0.1) is 18.1 Å². The van der Waals surface area contributed by atoms with Crippen molar-refractivity contribution in [1.82, 2.24) is 4.90 Å². The summed E-state index contributed by atoms with van der Waals surface area (Å²) in [6.07, 6.45) is 0.944. The number of carbonyl (C=O) groups is 1. The number of nitro benzene ring substituents is 1. The maximum absolute atomic E-state index is 13.8. The number of halogens is 1. The van der Waals surface area contributed by atoms with Gasteiger partial charge >= 0.3 is 0 Å². The molecule has 2 aliphatic rings. The van der Waals surface area contributed by atoms with Crippen LogP contribution >= 0.6 is 0 Å². The van der Waals surface area contributed by atoms with E-state index in [0.717, 1.165) is 12.5 Å². The van der Waals surface area contributed by atoms with E-state index in [1.54, 1.807) is 4.90 Å². The average Bonchev–Trinajstić information content (AvgIpc) is 3.30. The van der Waals surface area contributed by atoms with Crippen LogP contribution in [0.25, 0.3) is 0 Å². The molecule has 0 aromatic heterocycles. The van der Waals surface area contributed by atoms with Crippen LogP contribution in [-0.4, -0.2) is 49.0 Å². The monoisotopic (exact) mass is 337 g/mol. The van der Waals surface area contributed by atoms with Crippen LogP contribution < -0.4 is 9.64 Å². The predicted octanol–water partition coefficient (Wildman–Crippen LogP) is 2.05. The van der Waals surface area contributed by atoms with Gasteiger partial charge in [0.2, 0.25) is 5.91 Å². The number of amides is 1. The molecule has 0 N–H and O–H groups in total. The first-order chi connectivity index (χ1) is 11.4. The molecule has 1 aromatic carbocycles. The number of piperazine rings is 1. The summed E-state index contributed by atoms with van der Waals surface area (Å²) in [4.78, 5) is 26.5. The standard InChI is InChI=1S/C16H20FN3O4/c1-10-7-11(10)16(21)19-5-3-18(4-6-19)13-9-15(24-2)12(17)8-14(13)20(22)23/h8-11H,3-7H2,1-2H3/t10-,11-/m0/s1. The molecule has 1 aromatic rings. The van der Waals surface area contributed by atoms with E-state index in [2.05, 4.69) is 6.92 Å². The molecule has 0 spiro atoms. The number of rotatable bonds is 4. The van der Waals surface area contributed by atoms with Crippen LogP contribution in [-0.2, 0) is 4.79 Å². The van der Waals surface area contributed by atoms with Crippen LogP contribution in [0.3, 0.4) is 0 Å². The Labute approximate surface area is 139 Å². The summed E-state index contributed by atoms with van der Waals surface area (Å²) in [6.45, 7) is 4.04. The third-order valence-electron chi connectivity index (χ3n) is 4.80. The SMILES string of the molecule is COc1cc(N2CCN(C(=O)[C@H]3C[C@@H]3C)CC2)c([N+](=O)[O-])cc1F. The van der Waals surface area contributed by atoms with Gasteiger partial charge in [-0.25, -0.2) is 4.39 Å². The van der Waals surface area contributed by atoms with Crippen LogP contribution in [0.5, 0.6) is 5.75 Å².